The van der Waals surface area contributed by atoms with Crippen molar-refractivity contribution in [3.05, 3.63) is 70.5 Å². The quantitative estimate of drug-likeness (QED) is 0.610. The van der Waals surface area contributed by atoms with Crippen LogP contribution in [0, 0.1) is 0 Å². The summed E-state index contributed by atoms with van der Waals surface area (Å²) in [6.07, 6.45) is 0. The number of benzene rings is 2. The van der Waals surface area contributed by atoms with Crippen molar-refractivity contribution in [2.45, 2.75) is 6.54 Å². The Morgan fingerprint density at radius 2 is 1.82 bits per heavy atom. The molecule has 3 N–H and O–H groups in total. The molecule has 0 fully saturated rings. The largest absolute Gasteiger partial charge is 0.493 e. The first-order chi connectivity index (χ1) is 13.6. The molecule has 3 rings (SSSR count). The summed E-state index contributed by atoms with van der Waals surface area (Å²) in [5.74, 6) is 1.22. The number of anilines is 1. The molecular weight excluding hydrogens is 360 g/mol. The Bertz CT molecular complexity index is 1010. The third-order valence-electron chi connectivity index (χ3n) is 4.03. The average molecular weight is 380 g/mol. The molecule has 0 saturated heterocycles. The third kappa shape index (κ3) is 4.47. The number of nitrogens with zero attached hydrogens (tertiary/aromatic N) is 1. The van der Waals surface area contributed by atoms with Crippen LogP contribution in [0.25, 0.3) is 11.3 Å². The van der Waals surface area contributed by atoms with E-state index in [2.05, 4.69) is 20.8 Å². The summed E-state index contributed by atoms with van der Waals surface area (Å²) in [6, 6.07) is 15.3. The average Bonchev–Trinajstić information content (AvgIpc) is 2.73. The number of hydrogen-bond acceptors (Lipinski definition) is 5. The van der Waals surface area contributed by atoms with Crippen molar-refractivity contribution in [2.75, 3.05) is 19.5 Å². The fraction of sp³-hybridized carbons (Fsp3) is 0.150. The van der Waals surface area contributed by atoms with Crippen molar-refractivity contribution in [3.8, 4) is 22.8 Å². The van der Waals surface area contributed by atoms with Gasteiger partial charge in [0.1, 0.15) is 0 Å². The fourth-order valence-corrected chi connectivity index (χ4v) is 2.65. The number of amides is 2. The molecule has 8 heteroatoms. The number of carbonyl (C=O) groups excluding carboxylic acids is 1. The molecule has 2 amide bonds. The number of para-hydroxylation sites is 1. The maximum absolute atomic E-state index is 12.3. The van der Waals surface area contributed by atoms with E-state index >= 15 is 0 Å². The minimum Gasteiger partial charge on any atom is -0.493 e. The van der Waals surface area contributed by atoms with Gasteiger partial charge in [-0.15, -0.1) is 0 Å². The SMILES string of the molecule is COc1ccc(CNC(=O)Nc2ccccc2-c2ccc(=O)[nH]n2)cc1OC. The molecule has 0 radical (unpaired) electrons. The fourth-order valence-electron chi connectivity index (χ4n) is 2.65. The van der Waals surface area contributed by atoms with E-state index in [0.29, 0.717) is 35.0 Å². The second kappa shape index (κ2) is 8.72. The number of H-pyrrole nitrogens is 1. The van der Waals surface area contributed by atoms with Crippen LogP contribution in [0.15, 0.2) is 59.4 Å². The lowest BCUT2D eigenvalue weighted by Gasteiger charge is -2.13. The lowest BCUT2D eigenvalue weighted by Crippen LogP contribution is -2.28. The van der Waals surface area contributed by atoms with Crippen molar-refractivity contribution in [1.82, 2.24) is 15.5 Å². The van der Waals surface area contributed by atoms with Gasteiger partial charge in [0.2, 0.25) is 0 Å². The van der Waals surface area contributed by atoms with Crippen molar-refractivity contribution < 1.29 is 14.3 Å². The number of methoxy groups -OCH3 is 2. The highest BCUT2D eigenvalue weighted by Gasteiger charge is 2.10. The number of nitrogens with one attached hydrogen (secondary N) is 3. The van der Waals surface area contributed by atoms with Gasteiger partial charge in [0.15, 0.2) is 11.5 Å². The number of carbonyl (C=O) groups is 1. The van der Waals surface area contributed by atoms with Crippen molar-refractivity contribution in [3.63, 3.8) is 0 Å². The second-order valence-electron chi connectivity index (χ2n) is 5.85. The Labute approximate surface area is 161 Å². The van der Waals surface area contributed by atoms with E-state index in [-0.39, 0.29) is 11.6 Å². The van der Waals surface area contributed by atoms with Gasteiger partial charge in [0.25, 0.3) is 5.56 Å². The van der Waals surface area contributed by atoms with Gasteiger partial charge in [-0.3, -0.25) is 4.79 Å². The molecule has 2 aromatic carbocycles. The predicted octanol–water partition coefficient (Wildman–Crippen LogP) is 2.78. The summed E-state index contributed by atoms with van der Waals surface area (Å²) in [7, 11) is 3.13. The van der Waals surface area contributed by atoms with E-state index in [4.69, 9.17) is 9.47 Å². The van der Waals surface area contributed by atoms with Crippen LogP contribution >= 0.6 is 0 Å². The Hall–Kier alpha value is -3.81. The summed E-state index contributed by atoms with van der Waals surface area (Å²) in [5, 5.41) is 12.0. The van der Waals surface area contributed by atoms with E-state index in [1.165, 1.54) is 6.07 Å². The molecular formula is C20H20N4O4. The molecule has 3 aromatic rings. The first-order valence-corrected chi connectivity index (χ1v) is 8.51. The maximum Gasteiger partial charge on any atom is 0.319 e. The number of ether oxygens (including phenoxy) is 2. The predicted molar refractivity (Wildman–Crippen MR) is 106 cm³/mol. The van der Waals surface area contributed by atoms with E-state index in [1.54, 1.807) is 44.6 Å². The molecule has 0 aliphatic carbocycles. The standard InChI is InChI=1S/C20H20N4O4/c1-27-17-9-7-13(11-18(17)28-2)12-21-20(26)22-15-6-4-3-5-14(15)16-8-10-19(25)24-23-16/h3-11H,12H2,1-2H3,(H,24,25)(H2,21,22,26). The molecule has 28 heavy (non-hydrogen) atoms. The van der Waals surface area contributed by atoms with E-state index < -0.39 is 0 Å². The first-order valence-electron chi connectivity index (χ1n) is 8.51. The number of hydrogen-bond donors (Lipinski definition) is 3. The normalized spacial score (nSPS) is 10.2. The van der Waals surface area contributed by atoms with Crippen molar-refractivity contribution in [2.24, 2.45) is 0 Å². The lowest BCUT2D eigenvalue weighted by atomic mass is 10.1. The molecule has 8 nitrogen and oxygen atoms in total. The Morgan fingerprint density at radius 1 is 1.04 bits per heavy atom. The van der Waals surface area contributed by atoms with Gasteiger partial charge in [0.05, 0.1) is 25.6 Å². The van der Waals surface area contributed by atoms with Gasteiger partial charge >= 0.3 is 6.03 Å². The summed E-state index contributed by atoms with van der Waals surface area (Å²) >= 11 is 0. The van der Waals surface area contributed by atoms with Crippen LogP contribution in [0.1, 0.15) is 5.56 Å². The number of aromatic amines is 1. The van der Waals surface area contributed by atoms with Crippen LogP contribution in [0.3, 0.4) is 0 Å². The molecule has 144 valence electrons. The van der Waals surface area contributed by atoms with Crippen LogP contribution < -0.4 is 25.7 Å². The topological polar surface area (TPSA) is 105 Å². The molecule has 1 heterocycles. The van der Waals surface area contributed by atoms with Gasteiger partial charge in [-0.05, 0) is 29.8 Å². The Balaban J connectivity index is 1.69. The number of urea groups is 1. The number of aromatic nitrogens is 2. The van der Waals surface area contributed by atoms with Crippen LogP contribution in [0.2, 0.25) is 0 Å². The van der Waals surface area contributed by atoms with Crippen molar-refractivity contribution in [1.29, 1.82) is 0 Å². The minimum absolute atomic E-state index is 0.290. The summed E-state index contributed by atoms with van der Waals surface area (Å²) in [6.45, 7) is 0.311. The van der Waals surface area contributed by atoms with E-state index in [9.17, 15) is 9.59 Å². The molecule has 0 saturated carbocycles. The van der Waals surface area contributed by atoms with Crippen LogP contribution in [0.4, 0.5) is 10.5 Å². The van der Waals surface area contributed by atoms with E-state index in [1.807, 2.05) is 18.2 Å². The smallest absolute Gasteiger partial charge is 0.319 e. The van der Waals surface area contributed by atoms with Crippen LogP contribution in [-0.2, 0) is 6.54 Å². The van der Waals surface area contributed by atoms with Gasteiger partial charge in [0, 0.05) is 18.2 Å². The van der Waals surface area contributed by atoms with Gasteiger partial charge in [-0.25, -0.2) is 9.89 Å². The van der Waals surface area contributed by atoms with Crippen LogP contribution in [0.5, 0.6) is 11.5 Å². The molecule has 1 aromatic heterocycles. The highest BCUT2D eigenvalue weighted by Crippen LogP contribution is 2.28. The minimum atomic E-state index is -0.369. The monoisotopic (exact) mass is 380 g/mol. The lowest BCUT2D eigenvalue weighted by molar-refractivity contribution is 0.251. The zero-order valence-electron chi connectivity index (χ0n) is 15.5. The molecule has 0 unspecified atom stereocenters. The van der Waals surface area contributed by atoms with Crippen molar-refractivity contribution >= 4 is 11.7 Å². The Kier molecular flexibility index (Phi) is 5.91. The van der Waals surface area contributed by atoms with Gasteiger partial charge < -0.3 is 20.1 Å². The molecule has 0 aliphatic heterocycles. The summed E-state index contributed by atoms with van der Waals surface area (Å²) in [5.41, 5.74) is 2.40. The zero-order chi connectivity index (χ0) is 19.9. The van der Waals surface area contributed by atoms with E-state index in [0.717, 1.165) is 5.56 Å². The van der Waals surface area contributed by atoms with Gasteiger partial charge in [-0.1, -0.05) is 24.3 Å². The highest BCUT2D eigenvalue weighted by atomic mass is 16.5. The van der Waals surface area contributed by atoms with Crippen LogP contribution in [-0.4, -0.2) is 30.4 Å². The summed E-state index contributed by atoms with van der Waals surface area (Å²) in [4.78, 5) is 23.6. The molecule has 0 spiro atoms. The van der Waals surface area contributed by atoms with Gasteiger partial charge in [-0.2, -0.15) is 5.10 Å². The maximum atomic E-state index is 12.3. The molecule has 0 atom stereocenters. The highest BCUT2D eigenvalue weighted by molar-refractivity contribution is 5.93. The number of rotatable bonds is 6. The molecule has 0 bridgehead atoms. The second-order valence-corrected chi connectivity index (χ2v) is 5.85. The third-order valence-corrected chi connectivity index (χ3v) is 4.03. The first kappa shape index (κ1) is 19.0. The zero-order valence-corrected chi connectivity index (χ0v) is 15.5. The molecule has 0 aliphatic rings. The Morgan fingerprint density at radius 3 is 2.54 bits per heavy atom. The summed E-state index contributed by atoms with van der Waals surface area (Å²) < 4.78 is 10.5.